The minimum Gasteiger partial charge on any atom is -0.497 e. The van der Waals surface area contributed by atoms with Crippen LogP contribution in [0.3, 0.4) is 0 Å². The van der Waals surface area contributed by atoms with Gasteiger partial charge in [-0.25, -0.2) is 4.39 Å². The van der Waals surface area contributed by atoms with Crippen LogP contribution in [-0.2, 0) is 4.79 Å². The first-order valence-corrected chi connectivity index (χ1v) is 12.0. The zero-order valence-corrected chi connectivity index (χ0v) is 20.6. The summed E-state index contributed by atoms with van der Waals surface area (Å²) in [6, 6.07) is 16.9. The van der Waals surface area contributed by atoms with Crippen LogP contribution in [0.25, 0.3) is 11.3 Å². The summed E-state index contributed by atoms with van der Waals surface area (Å²) in [5.74, 6) is 0.782. The summed E-state index contributed by atoms with van der Waals surface area (Å²) in [6.07, 6.45) is 0.721. The van der Waals surface area contributed by atoms with Gasteiger partial charge in [0.15, 0.2) is 5.82 Å². The molecule has 0 radical (unpaired) electrons. The van der Waals surface area contributed by atoms with Crippen LogP contribution in [0.2, 0.25) is 0 Å². The van der Waals surface area contributed by atoms with Gasteiger partial charge in [0.25, 0.3) is 5.91 Å². The molecule has 1 aliphatic heterocycles. The fourth-order valence-electron chi connectivity index (χ4n) is 4.16. The molecule has 0 unspecified atom stereocenters. The fraction of sp³-hybridized carbons (Fsp3) is 0.333. The second kappa shape index (κ2) is 11.6. The van der Waals surface area contributed by atoms with Crippen molar-refractivity contribution in [3.8, 4) is 17.0 Å². The molecular weight excluding hydrogens is 461 g/mol. The van der Waals surface area contributed by atoms with Crippen molar-refractivity contribution in [1.29, 1.82) is 0 Å². The van der Waals surface area contributed by atoms with Gasteiger partial charge in [0.05, 0.1) is 12.8 Å². The quantitative estimate of drug-likeness (QED) is 0.480. The molecule has 0 spiro atoms. The highest BCUT2D eigenvalue weighted by Gasteiger charge is 2.25. The number of rotatable bonds is 8. The lowest BCUT2D eigenvalue weighted by molar-refractivity contribution is -0.132. The number of anilines is 1. The predicted octanol–water partition coefficient (Wildman–Crippen LogP) is 3.49. The van der Waals surface area contributed by atoms with Crippen LogP contribution in [0.1, 0.15) is 23.7 Å². The number of aromatic nitrogens is 2. The van der Waals surface area contributed by atoms with E-state index in [1.165, 1.54) is 29.2 Å². The van der Waals surface area contributed by atoms with E-state index in [1.54, 1.807) is 12.0 Å². The number of ether oxygens (including phenoxy) is 1. The third kappa shape index (κ3) is 5.97. The molecule has 2 heterocycles. The van der Waals surface area contributed by atoms with E-state index in [9.17, 15) is 14.0 Å². The van der Waals surface area contributed by atoms with Crippen molar-refractivity contribution in [2.45, 2.75) is 13.3 Å². The lowest BCUT2D eigenvalue weighted by Gasteiger charge is -2.36. The molecule has 1 aromatic heterocycles. The highest BCUT2D eigenvalue weighted by Crippen LogP contribution is 2.22. The molecule has 0 atom stereocenters. The van der Waals surface area contributed by atoms with Crippen LogP contribution >= 0.6 is 0 Å². The maximum Gasteiger partial charge on any atom is 0.254 e. The van der Waals surface area contributed by atoms with Crippen molar-refractivity contribution in [1.82, 2.24) is 20.0 Å². The number of carbonyl (C=O) groups is 2. The van der Waals surface area contributed by atoms with Crippen LogP contribution in [0, 0.1) is 5.82 Å². The van der Waals surface area contributed by atoms with Crippen LogP contribution in [0.4, 0.5) is 10.2 Å². The maximum atomic E-state index is 13.2. The average molecular weight is 492 g/mol. The van der Waals surface area contributed by atoms with Gasteiger partial charge in [0, 0.05) is 43.9 Å². The van der Waals surface area contributed by atoms with E-state index >= 15 is 0 Å². The van der Waals surface area contributed by atoms with E-state index in [2.05, 4.69) is 15.1 Å². The Balaban J connectivity index is 1.32. The van der Waals surface area contributed by atoms with Crippen molar-refractivity contribution in [3.63, 3.8) is 0 Å². The normalized spacial score (nSPS) is 13.4. The maximum absolute atomic E-state index is 13.2. The molecule has 0 aliphatic carbocycles. The van der Waals surface area contributed by atoms with Gasteiger partial charge < -0.3 is 19.4 Å². The van der Waals surface area contributed by atoms with Crippen LogP contribution in [0.15, 0.2) is 60.7 Å². The summed E-state index contributed by atoms with van der Waals surface area (Å²) in [5, 5.41) is 8.76. The minimum atomic E-state index is -0.400. The van der Waals surface area contributed by atoms with E-state index < -0.39 is 5.82 Å². The summed E-state index contributed by atoms with van der Waals surface area (Å²) < 4.78 is 18.4. The van der Waals surface area contributed by atoms with Crippen molar-refractivity contribution in [3.05, 3.63) is 72.0 Å². The molecule has 1 fully saturated rings. The molecule has 1 aliphatic rings. The Morgan fingerprint density at radius 1 is 0.944 bits per heavy atom. The zero-order chi connectivity index (χ0) is 25.5. The smallest absolute Gasteiger partial charge is 0.254 e. The first-order chi connectivity index (χ1) is 17.5. The van der Waals surface area contributed by atoms with Crippen LogP contribution < -0.4 is 9.64 Å². The van der Waals surface area contributed by atoms with E-state index in [1.807, 2.05) is 43.3 Å². The lowest BCUT2D eigenvalue weighted by atomic mass is 10.1. The topological polar surface area (TPSA) is 78.9 Å². The molecule has 0 N–H and O–H groups in total. The minimum absolute atomic E-state index is 0.000410. The monoisotopic (exact) mass is 491 g/mol. The zero-order valence-electron chi connectivity index (χ0n) is 20.6. The number of hydrogen-bond acceptors (Lipinski definition) is 6. The van der Waals surface area contributed by atoms with Gasteiger partial charge in [-0.1, -0.05) is 6.92 Å². The molecule has 2 amide bonds. The van der Waals surface area contributed by atoms with Crippen LogP contribution in [-0.4, -0.2) is 78.2 Å². The lowest BCUT2D eigenvalue weighted by Crippen LogP contribution is -2.52. The molecule has 8 nitrogen and oxygen atoms in total. The Kier molecular flexibility index (Phi) is 8.10. The van der Waals surface area contributed by atoms with Gasteiger partial charge in [0.1, 0.15) is 18.1 Å². The van der Waals surface area contributed by atoms with Gasteiger partial charge >= 0.3 is 0 Å². The molecule has 0 saturated carbocycles. The third-order valence-electron chi connectivity index (χ3n) is 6.19. The SMILES string of the molecule is CCCN(CC(=O)N1CCN(c2ccc(-c3ccc(OC)cc3)nn2)CC1)C(=O)c1ccc(F)cc1. The molecule has 188 valence electrons. The molecule has 0 bridgehead atoms. The Bertz CT molecular complexity index is 1160. The summed E-state index contributed by atoms with van der Waals surface area (Å²) in [6.45, 7) is 4.73. The van der Waals surface area contributed by atoms with Gasteiger partial charge in [-0.3, -0.25) is 9.59 Å². The standard InChI is InChI=1S/C27H30FN5O3/c1-3-14-33(27(35)21-4-8-22(28)9-5-21)19-26(34)32-17-15-31(16-18-32)25-13-12-24(29-30-25)20-6-10-23(36-2)11-7-20/h4-13H,3,14-19H2,1-2H3. The molecule has 2 aromatic carbocycles. The summed E-state index contributed by atoms with van der Waals surface area (Å²) in [7, 11) is 1.63. The molecular formula is C27H30FN5O3. The second-order valence-corrected chi connectivity index (χ2v) is 8.61. The van der Waals surface area contributed by atoms with Gasteiger partial charge in [-0.2, -0.15) is 0 Å². The summed E-state index contributed by atoms with van der Waals surface area (Å²) in [4.78, 5) is 31.3. The number of carbonyl (C=O) groups excluding carboxylic acids is 2. The number of halogens is 1. The number of hydrogen-bond donors (Lipinski definition) is 0. The van der Waals surface area contributed by atoms with E-state index in [0.29, 0.717) is 38.3 Å². The van der Waals surface area contributed by atoms with Crippen LogP contribution in [0.5, 0.6) is 5.75 Å². The van der Waals surface area contributed by atoms with Gasteiger partial charge in [-0.05, 0) is 67.1 Å². The summed E-state index contributed by atoms with van der Waals surface area (Å²) >= 11 is 0. The Morgan fingerprint density at radius 2 is 1.64 bits per heavy atom. The van der Waals surface area contributed by atoms with Crippen molar-refractivity contribution in [2.24, 2.45) is 0 Å². The van der Waals surface area contributed by atoms with Gasteiger partial charge in [-0.15, -0.1) is 10.2 Å². The Labute approximate surface area is 210 Å². The number of nitrogens with zero attached hydrogens (tertiary/aromatic N) is 5. The Hall–Kier alpha value is -4.01. The van der Waals surface area contributed by atoms with Crippen molar-refractivity contribution in [2.75, 3.05) is 51.3 Å². The molecule has 9 heteroatoms. The molecule has 1 saturated heterocycles. The predicted molar refractivity (Wildman–Crippen MR) is 135 cm³/mol. The number of piperazine rings is 1. The van der Waals surface area contributed by atoms with E-state index in [0.717, 1.165) is 29.2 Å². The average Bonchev–Trinajstić information content (AvgIpc) is 2.93. The highest BCUT2D eigenvalue weighted by molar-refractivity contribution is 5.96. The van der Waals surface area contributed by atoms with E-state index in [4.69, 9.17) is 4.74 Å². The molecule has 4 rings (SSSR count). The number of amides is 2. The van der Waals surface area contributed by atoms with Crippen molar-refractivity contribution < 1.29 is 18.7 Å². The highest BCUT2D eigenvalue weighted by atomic mass is 19.1. The first-order valence-electron chi connectivity index (χ1n) is 12.0. The van der Waals surface area contributed by atoms with E-state index in [-0.39, 0.29) is 18.4 Å². The third-order valence-corrected chi connectivity index (χ3v) is 6.19. The largest absolute Gasteiger partial charge is 0.497 e. The number of methoxy groups -OCH3 is 1. The summed E-state index contributed by atoms with van der Waals surface area (Å²) in [5.41, 5.74) is 2.10. The molecule has 36 heavy (non-hydrogen) atoms. The second-order valence-electron chi connectivity index (χ2n) is 8.61. The van der Waals surface area contributed by atoms with Gasteiger partial charge in [0.2, 0.25) is 5.91 Å². The first kappa shape index (κ1) is 25.1. The molecule has 3 aromatic rings. The number of benzene rings is 2. The fourth-order valence-corrected chi connectivity index (χ4v) is 4.16. The Morgan fingerprint density at radius 3 is 2.22 bits per heavy atom. The van der Waals surface area contributed by atoms with Crippen molar-refractivity contribution >= 4 is 17.6 Å².